The highest BCUT2D eigenvalue weighted by Gasteiger charge is 2.31. The number of hydrogen-bond donors (Lipinski definition) is 3. The average molecular weight is 345 g/mol. The zero-order chi connectivity index (χ0) is 17.4. The molecule has 2 heterocycles. The Kier molecular flexibility index (Phi) is 4.78. The number of carbonyl (C=O) groups is 2. The lowest BCUT2D eigenvalue weighted by Crippen LogP contribution is -2.66. The largest absolute Gasteiger partial charge is 0.477 e. The molecule has 0 radical (unpaired) electrons. The van der Waals surface area contributed by atoms with Crippen LogP contribution in [0.5, 0.6) is 0 Å². The van der Waals surface area contributed by atoms with Crippen LogP contribution in [0.1, 0.15) is 41.7 Å². The normalized spacial score (nSPS) is 18.0. The summed E-state index contributed by atoms with van der Waals surface area (Å²) in [5, 5.41) is 14.4. The van der Waals surface area contributed by atoms with Crippen LogP contribution in [0.4, 0.5) is 0 Å². The van der Waals surface area contributed by atoms with Gasteiger partial charge in [0.1, 0.15) is 5.69 Å². The molecule has 10 heteroatoms. The van der Waals surface area contributed by atoms with Crippen LogP contribution >= 0.6 is 0 Å². The molecule has 9 nitrogen and oxygen atoms in total. The van der Waals surface area contributed by atoms with E-state index in [0.29, 0.717) is 35.5 Å². The first kappa shape index (κ1) is 17.4. The van der Waals surface area contributed by atoms with Gasteiger partial charge in [0, 0.05) is 19.3 Å². The second-order valence-electron chi connectivity index (χ2n) is 5.77. The summed E-state index contributed by atoms with van der Waals surface area (Å²) in [7, 11) is -4.17. The van der Waals surface area contributed by atoms with Gasteiger partial charge < -0.3 is 15.7 Å². The first-order chi connectivity index (χ1) is 10.6. The van der Waals surface area contributed by atoms with E-state index in [0.717, 1.165) is 6.20 Å². The number of carboxylic acid groups (broad SMARTS) is 1. The van der Waals surface area contributed by atoms with Crippen LogP contribution in [-0.2, 0) is 15.0 Å². The third-order valence-corrected chi connectivity index (χ3v) is 4.88. The number of carboxylic acids is 1. The quantitative estimate of drug-likeness (QED) is 0.611. The molecule has 0 saturated carbocycles. The Hall–Kier alpha value is -1.91. The number of aromatic carboxylic acids is 1. The topological polar surface area (TPSA) is 150 Å². The summed E-state index contributed by atoms with van der Waals surface area (Å²) < 4.78 is 23.6. The van der Waals surface area contributed by atoms with E-state index in [9.17, 15) is 23.1 Å². The molecule has 1 aliphatic heterocycles. The molecule has 1 amide bonds. The predicted octanol–water partition coefficient (Wildman–Crippen LogP) is -1.43. The van der Waals surface area contributed by atoms with E-state index in [2.05, 4.69) is 5.73 Å². The number of rotatable bonds is 4. The van der Waals surface area contributed by atoms with Gasteiger partial charge in [-0.2, -0.15) is 8.42 Å². The molecule has 0 bridgehead atoms. The van der Waals surface area contributed by atoms with Crippen molar-refractivity contribution in [2.75, 3.05) is 13.1 Å². The maximum Gasteiger partial charge on any atom is 0.353 e. The van der Waals surface area contributed by atoms with Crippen LogP contribution in [0, 0.1) is 0 Å². The van der Waals surface area contributed by atoms with Crippen LogP contribution in [0.15, 0.2) is 12.3 Å². The van der Waals surface area contributed by atoms with E-state index in [4.69, 9.17) is 5.14 Å². The van der Waals surface area contributed by atoms with Crippen molar-refractivity contribution in [2.24, 2.45) is 5.14 Å². The van der Waals surface area contributed by atoms with Crippen molar-refractivity contribution in [3.63, 3.8) is 0 Å². The molecule has 1 aliphatic rings. The van der Waals surface area contributed by atoms with Crippen LogP contribution in [0.2, 0.25) is 0 Å². The molecule has 2 rings (SSSR count). The van der Waals surface area contributed by atoms with E-state index in [1.165, 1.54) is 6.07 Å². The van der Waals surface area contributed by atoms with Crippen molar-refractivity contribution in [2.45, 2.75) is 31.7 Å². The molecule has 23 heavy (non-hydrogen) atoms. The third kappa shape index (κ3) is 3.54. The zero-order valence-corrected chi connectivity index (χ0v) is 13.6. The Morgan fingerprint density at radius 2 is 1.96 bits per heavy atom. The number of aromatic nitrogens is 1. The van der Waals surface area contributed by atoms with E-state index in [1.807, 2.05) is 0 Å². The zero-order valence-electron chi connectivity index (χ0n) is 12.8. The number of nitrogens with two attached hydrogens (primary N) is 1. The smallest absolute Gasteiger partial charge is 0.353 e. The van der Waals surface area contributed by atoms with Gasteiger partial charge in [-0.1, -0.05) is 0 Å². The highest BCUT2D eigenvalue weighted by atomic mass is 32.2. The molecular formula is C13H21N4O5S+. The Balaban J connectivity index is 2.24. The standard InChI is InChI=1S/C13H20N4O5S/c1-8(14)12(18)16-5-2-9(3-6-16)10-4-7-17(23(15,21)22)11(10)13(19)20/h4,7-9H,2-3,5-6,14H2,1H3,(H,19,20)(H2,15,21,22)/p+1/t8-/m1/s1. The third-order valence-electron chi connectivity index (χ3n) is 4.03. The number of quaternary nitrogens is 1. The summed E-state index contributed by atoms with van der Waals surface area (Å²) in [5.41, 5.74) is 3.81. The molecule has 1 atom stereocenters. The maximum atomic E-state index is 11.9. The van der Waals surface area contributed by atoms with Crippen LogP contribution in [0.3, 0.4) is 0 Å². The fourth-order valence-corrected chi connectivity index (χ4v) is 3.58. The van der Waals surface area contributed by atoms with Crippen molar-refractivity contribution in [3.05, 3.63) is 23.5 Å². The van der Waals surface area contributed by atoms with Crippen molar-refractivity contribution < 1.29 is 28.8 Å². The Labute approximate surface area is 134 Å². The number of carbonyl (C=O) groups excluding carboxylic acids is 1. The van der Waals surface area contributed by atoms with Crippen molar-refractivity contribution in [1.82, 2.24) is 8.87 Å². The molecule has 0 aromatic carbocycles. The minimum absolute atomic E-state index is 0.0379. The SMILES string of the molecule is C[C@@H]([NH3+])C(=O)N1CCC(c2ccn(S(N)(=O)=O)c2C(=O)O)CC1. The molecule has 0 unspecified atom stereocenters. The van der Waals surface area contributed by atoms with Crippen LogP contribution in [0.25, 0.3) is 0 Å². The van der Waals surface area contributed by atoms with Crippen molar-refractivity contribution >= 4 is 22.1 Å². The molecule has 1 aromatic heterocycles. The Morgan fingerprint density at radius 1 is 1.39 bits per heavy atom. The second kappa shape index (κ2) is 6.30. The highest BCUT2D eigenvalue weighted by molar-refractivity contribution is 7.87. The van der Waals surface area contributed by atoms with E-state index < -0.39 is 16.2 Å². The number of hydrogen-bond acceptors (Lipinski definition) is 4. The summed E-state index contributed by atoms with van der Waals surface area (Å²) in [6, 6.07) is 1.14. The van der Waals surface area contributed by atoms with Crippen molar-refractivity contribution in [1.29, 1.82) is 0 Å². The molecule has 6 N–H and O–H groups in total. The van der Waals surface area contributed by atoms with Gasteiger partial charge in [0.15, 0.2) is 6.04 Å². The average Bonchev–Trinajstić information content (AvgIpc) is 2.91. The molecule has 1 saturated heterocycles. The van der Waals surface area contributed by atoms with Gasteiger partial charge in [-0.05, 0) is 37.3 Å². The van der Waals surface area contributed by atoms with Crippen LogP contribution < -0.4 is 10.9 Å². The lowest BCUT2D eigenvalue weighted by molar-refractivity contribution is -0.400. The second-order valence-corrected chi connectivity index (χ2v) is 7.19. The van der Waals surface area contributed by atoms with Gasteiger partial charge in [0.05, 0.1) is 0 Å². The molecule has 0 aliphatic carbocycles. The lowest BCUT2D eigenvalue weighted by atomic mass is 9.89. The van der Waals surface area contributed by atoms with E-state index in [1.54, 1.807) is 11.8 Å². The molecule has 0 spiro atoms. The van der Waals surface area contributed by atoms with Gasteiger partial charge in [-0.25, -0.2) is 13.9 Å². The van der Waals surface area contributed by atoms with Gasteiger partial charge >= 0.3 is 16.2 Å². The summed E-state index contributed by atoms with van der Waals surface area (Å²) in [4.78, 5) is 25.1. The summed E-state index contributed by atoms with van der Waals surface area (Å²) in [5.74, 6) is -1.51. The summed E-state index contributed by atoms with van der Waals surface area (Å²) in [6.45, 7) is 2.70. The first-order valence-corrected chi connectivity index (χ1v) is 8.73. The Bertz CT molecular complexity index is 717. The van der Waals surface area contributed by atoms with Gasteiger partial charge in [-0.15, -0.1) is 0 Å². The fourth-order valence-electron chi connectivity index (χ4n) is 2.91. The number of amides is 1. The maximum absolute atomic E-state index is 11.9. The first-order valence-electron chi connectivity index (χ1n) is 7.22. The molecule has 128 valence electrons. The fraction of sp³-hybridized carbons (Fsp3) is 0.538. The van der Waals surface area contributed by atoms with Crippen LogP contribution in [-0.4, -0.2) is 53.4 Å². The number of likely N-dealkylation sites (tertiary alicyclic amines) is 1. The van der Waals surface area contributed by atoms with Crippen molar-refractivity contribution in [3.8, 4) is 0 Å². The van der Waals surface area contributed by atoms with Gasteiger partial charge in [0.25, 0.3) is 5.91 Å². The Morgan fingerprint density at radius 3 is 2.39 bits per heavy atom. The minimum Gasteiger partial charge on any atom is -0.477 e. The molecule has 1 aromatic rings. The highest BCUT2D eigenvalue weighted by Crippen LogP contribution is 2.31. The monoisotopic (exact) mass is 345 g/mol. The molecular weight excluding hydrogens is 324 g/mol. The number of piperidine rings is 1. The predicted molar refractivity (Wildman–Crippen MR) is 80.8 cm³/mol. The van der Waals surface area contributed by atoms with Gasteiger partial charge in [0.2, 0.25) is 0 Å². The van der Waals surface area contributed by atoms with Gasteiger partial charge in [-0.3, -0.25) is 4.79 Å². The minimum atomic E-state index is -4.17. The van der Waals surface area contributed by atoms with E-state index in [-0.39, 0.29) is 23.6 Å². The summed E-state index contributed by atoms with van der Waals surface area (Å²) >= 11 is 0. The number of nitrogens with zero attached hydrogens (tertiary/aromatic N) is 2. The van der Waals surface area contributed by atoms with E-state index >= 15 is 0 Å². The molecule has 1 fully saturated rings. The lowest BCUT2D eigenvalue weighted by Gasteiger charge is -2.32. The summed E-state index contributed by atoms with van der Waals surface area (Å²) in [6.07, 6.45) is 2.28.